The van der Waals surface area contributed by atoms with Gasteiger partial charge in [-0.1, -0.05) is 13.0 Å². The van der Waals surface area contributed by atoms with E-state index in [4.69, 9.17) is 5.73 Å². The molecule has 1 atom stereocenters. The van der Waals surface area contributed by atoms with Crippen LogP contribution in [0.1, 0.15) is 43.4 Å². The quantitative estimate of drug-likeness (QED) is 0.794. The SMILES string of the molecule is Cc1ccc(C(C)CC2(N)CC2)cn1. The van der Waals surface area contributed by atoms with Crippen LogP contribution in [-0.4, -0.2) is 10.5 Å². The van der Waals surface area contributed by atoms with Crippen LogP contribution in [0.4, 0.5) is 0 Å². The van der Waals surface area contributed by atoms with Gasteiger partial charge >= 0.3 is 0 Å². The topological polar surface area (TPSA) is 38.9 Å². The summed E-state index contributed by atoms with van der Waals surface area (Å²) >= 11 is 0. The molecule has 1 aromatic rings. The largest absolute Gasteiger partial charge is 0.325 e. The van der Waals surface area contributed by atoms with Crippen LogP contribution >= 0.6 is 0 Å². The third-order valence-electron chi connectivity index (χ3n) is 3.11. The molecular formula is C12H18N2. The summed E-state index contributed by atoms with van der Waals surface area (Å²) in [5.41, 5.74) is 8.63. The molecule has 0 spiro atoms. The number of hydrogen-bond donors (Lipinski definition) is 1. The summed E-state index contributed by atoms with van der Waals surface area (Å²) in [7, 11) is 0. The Hall–Kier alpha value is -0.890. The number of aryl methyl sites for hydroxylation is 1. The summed E-state index contributed by atoms with van der Waals surface area (Å²) in [4.78, 5) is 4.31. The first-order chi connectivity index (χ1) is 6.59. The third kappa shape index (κ3) is 2.13. The van der Waals surface area contributed by atoms with Crippen molar-refractivity contribution < 1.29 is 0 Å². The lowest BCUT2D eigenvalue weighted by molar-refractivity contribution is 0.541. The highest BCUT2D eigenvalue weighted by atomic mass is 14.8. The molecule has 1 aromatic heterocycles. The van der Waals surface area contributed by atoms with Crippen LogP contribution in [0.2, 0.25) is 0 Å². The zero-order valence-electron chi connectivity index (χ0n) is 8.96. The van der Waals surface area contributed by atoms with Gasteiger partial charge in [-0.2, -0.15) is 0 Å². The Morgan fingerprint density at radius 2 is 2.21 bits per heavy atom. The summed E-state index contributed by atoms with van der Waals surface area (Å²) in [6, 6.07) is 4.24. The van der Waals surface area contributed by atoms with E-state index in [0.717, 1.165) is 12.1 Å². The first-order valence-corrected chi connectivity index (χ1v) is 5.30. The van der Waals surface area contributed by atoms with Crippen LogP contribution in [0.25, 0.3) is 0 Å². The van der Waals surface area contributed by atoms with Gasteiger partial charge in [0.05, 0.1) is 0 Å². The molecule has 2 N–H and O–H groups in total. The van der Waals surface area contributed by atoms with E-state index in [-0.39, 0.29) is 5.54 Å². The lowest BCUT2D eigenvalue weighted by Crippen LogP contribution is -2.23. The fraction of sp³-hybridized carbons (Fsp3) is 0.583. The van der Waals surface area contributed by atoms with Crippen molar-refractivity contribution in [2.75, 3.05) is 0 Å². The first-order valence-electron chi connectivity index (χ1n) is 5.30. The third-order valence-corrected chi connectivity index (χ3v) is 3.11. The molecule has 1 aliphatic carbocycles. The van der Waals surface area contributed by atoms with Crippen LogP contribution in [-0.2, 0) is 0 Å². The maximum absolute atomic E-state index is 6.09. The van der Waals surface area contributed by atoms with Crippen molar-refractivity contribution in [2.45, 2.75) is 44.6 Å². The van der Waals surface area contributed by atoms with Crippen molar-refractivity contribution in [2.24, 2.45) is 5.73 Å². The minimum absolute atomic E-state index is 0.143. The summed E-state index contributed by atoms with van der Waals surface area (Å²) in [5.74, 6) is 0.538. The standard InChI is InChI=1S/C12H18N2/c1-9(7-12(13)5-6-12)11-4-3-10(2)14-8-11/h3-4,8-9H,5-7,13H2,1-2H3. The zero-order valence-corrected chi connectivity index (χ0v) is 8.96. The number of rotatable bonds is 3. The van der Waals surface area contributed by atoms with E-state index < -0.39 is 0 Å². The Morgan fingerprint density at radius 3 is 2.71 bits per heavy atom. The van der Waals surface area contributed by atoms with Gasteiger partial charge in [-0.25, -0.2) is 0 Å². The molecule has 0 aromatic carbocycles. The number of nitrogens with zero attached hydrogens (tertiary/aromatic N) is 1. The fourth-order valence-corrected chi connectivity index (χ4v) is 1.86. The molecule has 0 aliphatic heterocycles. The molecule has 76 valence electrons. The lowest BCUT2D eigenvalue weighted by atomic mass is 9.94. The van der Waals surface area contributed by atoms with Crippen LogP contribution < -0.4 is 5.73 Å². The molecule has 2 heteroatoms. The molecule has 0 amide bonds. The molecule has 0 bridgehead atoms. The van der Waals surface area contributed by atoms with Crippen LogP contribution in [0.5, 0.6) is 0 Å². The van der Waals surface area contributed by atoms with E-state index in [1.165, 1.54) is 18.4 Å². The predicted molar refractivity (Wildman–Crippen MR) is 58.2 cm³/mol. The molecule has 2 rings (SSSR count). The van der Waals surface area contributed by atoms with E-state index in [9.17, 15) is 0 Å². The molecule has 1 unspecified atom stereocenters. The average molecular weight is 190 g/mol. The highest BCUT2D eigenvalue weighted by molar-refractivity contribution is 5.19. The van der Waals surface area contributed by atoms with Gasteiger partial charge in [-0.15, -0.1) is 0 Å². The van der Waals surface area contributed by atoms with E-state index >= 15 is 0 Å². The Labute approximate surface area is 85.5 Å². The van der Waals surface area contributed by atoms with Gasteiger partial charge in [0.25, 0.3) is 0 Å². The minimum atomic E-state index is 0.143. The van der Waals surface area contributed by atoms with Gasteiger partial charge in [0.15, 0.2) is 0 Å². The zero-order chi connectivity index (χ0) is 10.2. The van der Waals surface area contributed by atoms with Gasteiger partial charge in [0.1, 0.15) is 0 Å². The summed E-state index contributed by atoms with van der Waals surface area (Å²) in [6.45, 7) is 4.25. The number of aromatic nitrogens is 1. The number of hydrogen-bond acceptors (Lipinski definition) is 2. The number of nitrogens with two attached hydrogens (primary N) is 1. The maximum atomic E-state index is 6.09. The van der Waals surface area contributed by atoms with Crippen molar-refractivity contribution in [1.29, 1.82) is 0 Å². The second-order valence-electron chi connectivity index (χ2n) is 4.70. The van der Waals surface area contributed by atoms with Crippen molar-refractivity contribution in [3.05, 3.63) is 29.6 Å². The summed E-state index contributed by atoms with van der Waals surface area (Å²) in [6.07, 6.45) is 5.46. The van der Waals surface area contributed by atoms with E-state index in [1.54, 1.807) is 0 Å². The molecule has 1 saturated carbocycles. The van der Waals surface area contributed by atoms with Gasteiger partial charge in [0.2, 0.25) is 0 Å². The molecule has 1 fully saturated rings. The van der Waals surface area contributed by atoms with E-state index in [1.807, 2.05) is 13.1 Å². The van der Waals surface area contributed by atoms with Crippen molar-refractivity contribution >= 4 is 0 Å². The summed E-state index contributed by atoms with van der Waals surface area (Å²) in [5, 5.41) is 0. The Morgan fingerprint density at radius 1 is 1.50 bits per heavy atom. The second-order valence-corrected chi connectivity index (χ2v) is 4.70. The van der Waals surface area contributed by atoms with Crippen LogP contribution in [0, 0.1) is 6.92 Å². The van der Waals surface area contributed by atoms with Gasteiger partial charge < -0.3 is 5.73 Å². The highest BCUT2D eigenvalue weighted by Crippen LogP contribution is 2.40. The van der Waals surface area contributed by atoms with Gasteiger partial charge in [-0.05, 0) is 43.7 Å². The molecule has 2 nitrogen and oxygen atoms in total. The fourth-order valence-electron chi connectivity index (χ4n) is 1.86. The van der Waals surface area contributed by atoms with Gasteiger partial charge in [0, 0.05) is 17.4 Å². The average Bonchev–Trinajstić information content (AvgIpc) is 2.84. The number of pyridine rings is 1. The molecule has 1 aliphatic rings. The Bertz CT molecular complexity index is 312. The molecule has 0 saturated heterocycles. The van der Waals surface area contributed by atoms with E-state index in [2.05, 4.69) is 24.0 Å². The Balaban J connectivity index is 2.03. The van der Waals surface area contributed by atoms with Crippen molar-refractivity contribution in [3.63, 3.8) is 0 Å². The molecular weight excluding hydrogens is 172 g/mol. The molecule has 14 heavy (non-hydrogen) atoms. The second kappa shape index (κ2) is 3.35. The Kier molecular flexibility index (Phi) is 2.31. The van der Waals surface area contributed by atoms with Crippen molar-refractivity contribution in [1.82, 2.24) is 4.98 Å². The molecule has 0 radical (unpaired) electrons. The minimum Gasteiger partial charge on any atom is -0.325 e. The normalized spacial score (nSPS) is 20.5. The monoisotopic (exact) mass is 190 g/mol. The lowest BCUT2D eigenvalue weighted by Gasteiger charge is -2.16. The highest BCUT2D eigenvalue weighted by Gasteiger charge is 2.39. The predicted octanol–water partition coefficient (Wildman–Crippen LogP) is 2.37. The maximum Gasteiger partial charge on any atom is 0.0372 e. The molecule has 1 heterocycles. The first kappa shape index (κ1) is 9.66. The van der Waals surface area contributed by atoms with E-state index in [0.29, 0.717) is 5.92 Å². The van der Waals surface area contributed by atoms with Gasteiger partial charge in [-0.3, -0.25) is 4.98 Å². The summed E-state index contributed by atoms with van der Waals surface area (Å²) < 4.78 is 0. The van der Waals surface area contributed by atoms with Crippen LogP contribution in [0.15, 0.2) is 18.3 Å². The van der Waals surface area contributed by atoms with Crippen LogP contribution in [0.3, 0.4) is 0 Å². The van der Waals surface area contributed by atoms with Crippen molar-refractivity contribution in [3.8, 4) is 0 Å². The smallest absolute Gasteiger partial charge is 0.0372 e.